The van der Waals surface area contributed by atoms with Gasteiger partial charge in [0.1, 0.15) is 5.75 Å². The number of carbonyl (C=O) groups is 1. The predicted octanol–water partition coefficient (Wildman–Crippen LogP) is 2.51. The van der Waals surface area contributed by atoms with Crippen LogP contribution in [0.25, 0.3) is 0 Å². The number of rotatable bonds is 2. The molecule has 2 aliphatic rings. The molecule has 0 spiro atoms. The van der Waals surface area contributed by atoms with E-state index in [-0.39, 0.29) is 5.91 Å². The van der Waals surface area contributed by atoms with Gasteiger partial charge in [-0.2, -0.15) is 0 Å². The van der Waals surface area contributed by atoms with Crippen molar-refractivity contribution in [3.63, 3.8) is 0 Å². The molecule has 2 atom stereocenters. The number of likely N-dealkylation sites (tertiary alicyclic amines) is 1. The molecule has 20 heavy (non-hydrogen) atoms. The molecule has 1 fully saturated rings. The van der Waals surface area contributed by atoms with Gasteiger partial charge in [0.25, 0.3) is 5.91 Å². The Balaban J connectivity index is 1.73. The number of hydrogen-bond acceptors (Lipinski definition) is 3. The van der Waals surface area contributed by atoms with Gasteiger partial charge in [-0.1, -0.05) is 26.0 Å². The van der Waals surface area contributed by atoms with Crippen molar-refractivity contribution >= 4 is 11.6 Å². The van der Waals surface area contributed by atoms with Gasteiger partial charge in [-0.3, -0.25) is 4.79 Å². The Bertz CT molecular complexity index is 501. The summed E-state index contributed by atoms with van der Waals surface area (Å²) < 4.78 is 5.88. The number of ether oxygens (including phenoxy) is 1. The highest BCUT2D eigenvalue weighted by atomic mass is 16.5. The third kappa shape index (κ3) is 2.35. The van der Waals surface area contributed by atoms with E-state index in [0.29, 0.717) is 18.5 Å². The second kappa shape index (κ2) is 5.35. The highest BCUT2D eigenvalue weighted by molar-refractivity contribution is 5.83. The summed E-state index contributed by atoms with van der Waals surface area (Å²) in [5.41, 5.74) is 0.971. The maximum atomic E-state index is 12.7. The quantitative estimate of drug-likeness (QED) is 0.901. The normalized spacial score (nSPS) is 25.1. The molecule has 1 aromatic carbocycles. The van der Waals surface area contributed by atoms with Gasteiger partial charge >= 0.3 is 0 Å². The zero-order valence-electron chi connectivity index (χ0n) is 12.1. The van der Waals surface area contributed by atoms with Gasteiger partial charge in [0.2, 0.25) is 0 Å². The molecular weight excluding hydrogens is 252 g/mol. The summed E-state index contributed by atoms with van der Waals surface area (Å²) in [7, 11) is 0. The van der Waals surface area contributed by atoms with Gasteiger partial charge < -0.3 is 15.0 Å². The van der Waals surface area contributed by atoms with Crippen LogP contribution in [0.1, 0.15) is 26.7 Å². The minimum atomic E-state index is -0.399. The van der Waals surface area contributed by atoms with Gasteiger partial charge in [0.05, 0.1) is 12.2 Å². The monoisotopic (exact) mass is 274 g/mol. The predicted molar refractivity (Wildman–Crippen MR) is 78.9 cm³/mol. The number of hydrogen-bond donors (Lipinski definition) is 1. The van der Waals surface area contributed by atoms with Crippen LogP contribution in [0, 0.1) is 5.92 Å². The van der Waals surface area contributed by atoms with Crippen LogP contribution in [0.5, 0.6) is 5.75 Å². The lowest BCUT2D eigenvalue weighted by Gasteiger charge is -2.33. The van der Waals surface area contributed by atoms with E-state index in [1.807, 2.05) is 29.2 Å². The van der Waals surface area contributed by atoms with Crippen molar-refractivity contribution in [2.24, 2.45) is 5.92 Å². The highest BCUT2D eigenvalue weighted by Gasteiger charge is 2.36. The molecule has 0 saturated carbocycles. The molecule has 2 aliphatic heterocycles. The van der Waals surface area contributed by atoms with Crippen LogP contribution >= 0.6 is 0 Å². The number of nitrogens with one attached hydrogen (secondary N) is 1. The SMILES string of the molecule is CC(C)C1CCCN1C(=O)C1CNc2ccccc2O1. The standard InChI is InChI=1S/C16H22N2O2/c1-11(2)13-7-5-9-18(13)16(19)15-10-17-12-6-3-4-8-14(12)20-15/h3-4,6,8,11,13,15,17H,5,7,9-10H2,1-2H3. The van der Waals surface area contributed by atoms with Crippen LogP contribution in [-0.4, -0.2) is 36.0 Å². The Morgan fingerprint density at radius 1 is 1.40 bits per heavy atom. The molecular formula is C16H22N2O2. The third-order valence-electron chi connectivity index (χ3n) is 4.26. The zero-order chi connectivity index (χ0) is 14.1. The Labute approximate surface area is 120 Å². The number of nitrogens with zero attached hydrogens (tertiary/aromatic N) is 1. The van der Waals surface area contributed by atoms with Crippen LogP contribution in [-0.2, 0) is 4.79 Å². The van der Waals surface area contributed by atoms with Crippen molar-refractivity contribution < 1.29 is 9.53 Å². The maximum Gasteiger partial charge on any atom is 0.265 e. The van der Waals surface area contributed by atoms with Crippen molar-refractivity contribution in [2.75, 3.05) is 18.4 Å². The van der Waals surface area contributed by atoms with E-state index in [1.54, 1.807) is 0 Å². The molecule has 1 amide bonds. The first-order valence-electron chi connectivity index (χ1n) is 7.47. The average molecular weight is 274 g/mol. The summed E-state index contributed by atoms with van der Waals surface area (Å²) >= 11 is 0. The van der Waals surface area contributed by atoms with Crippen molar-refractivity contribution in [1.82, 2.24) is 4.90 Å². The van der Waals surface area contributed by atoms with Gasteiger partial charge in [0, 0.05) is 12.6 Å². The summed E-state index contributed by atoms with van der Waals surface area (Å²) in [6, 6.07) is 8.14. The van der Waals surface area contributed by atoms with Crippen molar-refractivity contribution in [2.45, 2.75) is 38.8 Å². The lowest BCUT2D eigenvalue weighted by Crippen LogP contribution is -2.49. The molecule has 4 heteroatoms. The largest absolute Gasteiger partial charge is 0.477 e. The van der Waals surface area contributed by atoms with Crippen LogP contribution in [0.2, 0.25) is 0 Å². The Hall–Kier alpha value is -1.71. The summed E-state index contributed by atoms with van der Waals surface area (Å²) in [5.74, 6) is 1.41. The van der Waals surface area contributed by atoms with Crippen molar-refractivity contribution in [3.8, 4) is 5.75 Å². The molecule has 1 saturated heterocycles. The van der Waals surface area contributed by atoms with Crippen LogP contribution in [0.15, 0.2) is 24.3 Å². The molecule has 2 heterocycles. The number of carbonyl (C=O) groups excluding carboxylic acids is 1. The van der Waals surface area contributed by atoms with E-state index in [2.05, 4.69) is 19.2 Å². The molecule has 1 N–H and O–H groups in total. The minimum Gasteiger partial charge on any atom is -0.477 e. The summed E-state index contributed by atoms with van der Waals surface area (Å²) in [4.78, 5) is 14.7. The number of fused-ring (bicyclic) bond motifs is 1. The average Bonchev–Trinajstić information content (AvgIpc) is 2.95. The van der Waals surface area contributed by atoms with E-state index in [0.717, 1.165) is 30.8 Å². The molecule has 3 rings (SSSR count). The lowest BCUT2D eigenvalue weighted by atomic mass is 10.0. The summed E-state index contributed by atoms with van der Waals surface area (Å²) in [5, 5.41) is 3.29. The third-order valence-corrected chi connectivity index (χ3v) is 4.26. The Kier molecular flexibility index (Phi) is 3.55. The van der Waals surface area contributed by atoms with E-state index in [1.165, 1.54) is 0 Å². The minimum absolute atomic E-state index is 0.128. The van der Waals surface area contributed by atoms with Gasteiger partial charge in [0.15, 0.2) is 6.10 Å². The zero-order valence-corrected chi connectivity index (χ0v) is 12.1. The van der Waals surface area contributed by atoms with E-state index in [9.17, 15) is 4.79 Å². The molecule has 0 aliphatic carbocycles. The number of anilines is 1. The smallest absolute Gasteiger partial charge is 0.265 e. The molecule has 0 aromatic heterocycles. The molecule has 0 radical (unpaired) electrons. The second-order valence-electron chi connectivity index (χ2n) is 5.97. The molecule has 108 valence electrons. The molecule has 0 bridgehead atoms. The molecule has 4 nitrogen and oxygen atoms in total. The van der Waals surface area contributed by atoms with Gasteiger partial charge in [-0.05, 0) is 30.9 Å². The number of benzene rings is 1. The molecule has 2 unspecified atom stereocenters. The highest BCUT2D eigenvalue weighted by Crippen LogP contribution is 2.30. The fourth-order valence-electron chi connectivity index (χ4n) is 3.19. The maximum absolute atomic E-state index is 12.7. The van der Waals surface area contributed by atoms with Crippen LogP contribution in [0.4, 0.5) is 5.69 Å². The van der Waals surface area contributed by atoms with Crippen LogP contribution < -0.4 is 10.1 Å². The summed E-state index contributed by atoms with van der Waals surface area (Å²) in [6.45, 7) is 5.79. The van der Waals surface area contributed by atoms with Crippen molar-refractivity contribution in [3.05, 3.63) is 24.3 Å². The van der Waals surface area contributed by atoms with E-state index >= 15 is 0 Å². The lowest BCUT2D eigenvalue weighted by molar-refractivity contribution is -0.139. The first kappa shape index (κ1) is 13.3. The first-order chi connectivity index (χ1) is 9.66. The first-order valence-corrected chi connectivity index (χ1v) is 7.47. The van der Waals surface area contributed by atoms with Gasteiger partial charge in [-0.15, -0.1) is 0 Å². The Morgan fingerprint density at radius 3 is 3.00 bits per heavy atom. The van der Waals surface area contributed by atoms with Crippen LogP contribution in [0.3, 0.4) is 0 Å². The second-order valence-corrected chi connectivity index (χ2v) is 5.97. The van der Waals surface area contributed by atoms with E-state index in [4.69, 9.17) is 4.74 Å². The topological polar surface area (TPSA) is 41.6 Å². The number of amides is 1. The summed E-state index contributed by atoms with van der Waals surface area (Å²) in [6.07, 6.45) is 1.81. The van der Waals surface area contributed by atoms with E-state index < -0.39 is 6.10 Å². The van der Waals surface area contributed by atoms with Crippen molar-refractivity contribution in [1.29, 1.82) is 0 Å². The van der Waals surface area contributed by atoms with Gasteiger partial charge in [-0.25, -0.2) is 0 Å². The fraction of sp³-hybridized carbons (Fsp3) is 0.562. The number of para-hydroxylation sites is 2. The fourth-order valence-corrected chi connectivity index (χ4v) is 3.19. The Morgan fingerprint density at radius 2 is 2.20 bits per heavy atom. The molecule has 1 aromatic rings.